The minimum Gasteiger partial charge on any atom is -0.384 e. The van der Waals surface area contributed by atoms with Gasteiger partial charge in [-0.2, -0.15) is 0 Å². The largest absolute Gasteiger partial charge is 0.384 e. The summed E-state index contributed by atoms with van der Waals surface area (Å²) in [6.45, 7) is 9.56. The lowest BCUT2D eigenvalue weighted by Gasteiger charge is -2.40. The van der Waals surface area contributed by atoms with E-state index in [9.17, 15) is 19.2 Å². The molecule has 1 atom stereocenters. The van der Waals surface area contributed by atoms with E-state index in [1.807, 2.05) is 0 Å². The van der Waals surface area contributed by atoms with E-state index in [2.05, 4.69) is 25.8 Å². The van der Waals surface area contributed by atoms with Crippen LogP contribution in [0, 0.1) is 0 Å². The van der Waals surface area contributed by atoms with Gasteiger partial charge in [-0.1, -0.05) is 6.07 Å². The van der Waals surface area contributed by atoms with Crippen LogP contribution in [-0.2, 0) is 14.3 Å². The first-order chi connectivity index (χ1) is 18.5. The predicted molar refractivity (Wildman–Crippen MR) is 141 cm³/mol. The van der Waals surface area contributed by atoms with Crippen LogP contribution in [0.25, 0.3) is 0 Å². The summed E-state index contributed by atoms with van der Waals surface area (Å²) < 4.78 is 5.86. The molecular weight excluding hydrogens is 488 g/mol. The number of rotatable bonds is 10. The number of hydrogen-bond acceptors (Lipinski definition) is 9. The molecule has 4 aliphatic rings. The van der Waals surface area contributed by atoms with Crippen molar-refractivity contribution in [1.29, 1.82) is 0 Å². The number of carbonyl (C=O) groups is 4. The zero-order valence-corrected chi connectivity index (χ0v) is 21.9. The first-order valence-electron chi connectivity index (χ1n) is 13.9. The van der Waals surface area contributed by atoms with E-state index in [0.717, 1.165) is 63.2 Å². The van der Waals surface area contributed by atoms with Gasteiger partial charge < -0.3 is 15.4 Å². The smallest absolute Gasteiger partial charge is 0.264 e. The normalized spacial score (nSPS) is 23.6. The molecule has 1 unspecified atom stereocenters. The molecule has 0 radical (unpaired) electrons. The highest BCUT2D eigenvalue weighted by Crippen LogP contribution is 2.32. The van der Waals surface area contributed by atoms with Crippen LogP contribution < -0.4 is 16.0 Å². The number of carbonyl (C=O) groups excluding carboxylic acids is 4. The molecule has 0 aromatic heterocycles. The summed E-state index contributed by atoms with van der Waals surface area (Å²) in [5, 5.41) is 8.92. The fourth-order valence-corrected chi connectivity index (χ4v) is 5.88. The number of imide groups is 2. The van der Waals surface area contributed by atoms with Gasteiger partial charge in [-0.15, -0.1) is 0 Å². The maximum Gasteiger partial charge on any atom is 0.264 e. The number of fused-ring (bicyclic) bond motifs is 1. The average Bonchev–Trinajstić information content (AvgIpc) is 3.19. The Morgan fingerprint density at radius 1 is 0.947 bits per heavy atom. The van der Waals surface area contributed by atoms with Crippen molar-refractivity contribution in [3.05, 3.63) is 29.3 Å². The molecule has 3 N–H and O–H groups in total. The SMILES string of the molecule is O=C1CCC(N2C(=O)c3cccc(NCCCOCCN4CCN(C5CCNCC5)CC4)c3C2=O)C(=O)N1. The molecule has 3 fully saturated rings. The molecule has 1 aromatic carbocycles. The number of benzene rings is 1. The van der Waals surface area contributed by atoms with Gasteiger partial charge in [0.1, 0.15) is 6.04 Å². The first kappa shape index (κ1) is 26.7. The van der Waals surface area contributed by atoms with Crippen molar-refractivity contribution in [3.8, 4) is 0 Å². The number of ether oxygens (including phenoxy) is 1. The Morgan fingerprint density at radius 2 is 1.74 bits per heavy atom. The van der Waals surface area contributed by atoms with Crippen LogP contribution in [0.2, 0.25) is 0 Å². The highest BCUT2D eigenvalue weighted by Gasteiger charge is 2.45. The Balaban J connectivity index is 1.02. The first-order valence-corrected chi connectivity index (χ1v) is 13.9. The molecule has 11 heteroatoms. The highest BCUT2D eigenvalue weighted by atomic mass is 16.5. The molecule has 0 saturated carbocycles. The van der Waals surface area contributed by atoms with E-state index in [1.54, 1.807) is 18.2 Å². The van der Waals surface area contributed by atoms with Crippen LogP contribution in [-0.4, -0.2) is 116 Å². The van der Waals surface area contributed by atoms with Crippen LogP contribution in [0.4, 0.5) is 5.69 Å². The molecular formula is C27H38N6O5. The molecule has 0 spiro atoms. The third-order valence-corrected chi connectivity index (χ3v) is 8.03. The second kappa shape index (κ2) is 12.3. The van der Waals surface area contributed by atoms with Crippen molar-refractivity contribution >= 4 is 29.3 Å². The zero-order valence-electron chi connectivity index (χ0n) is 21.9. The standard InChI is InChI=1S/C27H38N6O5/c34-23-6-5-22(25(35)30-23)33-26(36)20-3-1-4-21(24(20)27(33)37)29-9-2-17-38-18-16-31-12-14-32(15-13-31)19-7-10-28-11-8-19/h1,3-4,19,22,28-29H,2,5-18H2,(H,30,34,35). The molecule has 0 aliphatic carbocycles. The summed E-state index contributed by atoms with van der Waals surface area (Å²) in [5.74, 6) is -1.99. The molecule has 0 bridgehead atoms. The third kappa shape index (κ3) is 5.90. The maximum absolute atomic E-state index is 13.2. The van der Waals surface area contributed by atoms with Crippen LogP contribution in [0.3, 0.4) is 0 Å². The lowest BCUT2D eigenvalue weighted by Crippen LogP contribution is -2.54. The number of piperidine rings is 2. The van der Waals surface area contributed by atoms with E-state index in [1.165, 1.54) is 12.8 Å². The summed E-state index contributed by atoms with van der Waals surface area (Å²) in [6, 6.07) is 4.86. The number of amides is 4. The number of hydrogen-bond donors (Lipinski definition) is 3. The molecule has 3 saturated heterocycles. The number of nitrogens with one attached hydrogen (secondary N) is 3. The van der Waals surface area contributed by atoms with Crippen molar-refractivity contribution in [2.45, 2.75) is 44.2 Å². The fraction of sp³-hybridized carbons (Fsp3) is 0.630. The minimum atomic E-state index is -0.964. The Bertz CT molecular complexity index is 1050. The van der Waals surface area contributed by atoms with E-state index in [-0.39, 0.29) is 29.9 Å². The third-order valence-electron chi connectivity index (χ3n) is 8.03. The summed E-state index contributed by atoms with van der Waals surface area (Å²) in [4.78, 5) is 56.0. The Hall–Kier alpha value is -2.86. The molecule has 5 rings (SSSR count). The van der Waals surface area contributed by atoms with E-state index >= 15 is 0 Å². The number of piperazine rings is 1. The highest BCUT2D eigenvalue weighted by molar-refractivity contribution is 6.25. The fourth-order valence-electron chi connectivity index (χ4n) is 5.88. The Kier molecular flexibility index (Phi) is 8.68. The lowest BCUT2D eigenvalue weighted by atomic mass is 10.0. The Morgan fingerprint density at radius 3 is 2.50 bits per heavy atom. The van der Waals surface area contributed by atoms with Crippen LogP contribution >= 0.6 is 0 Å². The van der Waals surface area contributed by atoms with Crippen LogP contribution in [0.5, 0.6) is 0 Å². The minimum absolute atomic E-state index is 0.101. The summed E-state index contributed by atoms with van der Waals surface area (Å²) >= 11 is 0. The van der Waals surface area contributed by atoms with Gasteiger partial charge in [-0.3, -0.25) is 39.2 Å². The second-order valence-electron chi connectivity index (χ2n) is 10.4. The molecule has 11 nitrogen and oxygen atoms in total. The predicted octanol–water partition coefficient (Wildman–Crippen LogP) is 0.276. The van der Waals surface area contributed by atoms with Gasteiger partial charge in [-0.25, -0.2) is 0 Å². The quantitative estimate of drug-likeness (QED) is 0.291. The molecule has 4 aliphatic heterocycles. The van der Waals surface area contributed by atoms with Crippen molar-refractivity contribution in [2.75, 3.05) is 70.9 Å². The van der Waals surface area contributed by atoms with Crippen molar-refractivity contribution < 1.29 is 23.9 Å². The van der Waals surface area contributed by atoms with Gasteiger partial charge in [0.2, 0.25) is 11.8 Å². The summed E-state index contributed by atoms with van der Waals surface area (Å²) in [6.07, 6.45) is 3.51. The summed E-state index contributed by atoms with van der Waals surface area (Å²) in [7, 11) is 0. The van der Waals surface area contributed by atoms with Crippen molar-refractivity contribution in [3.63, 3.8) is 0 Å². The van der Waals surface area contributed by atoms with Gasteiger partial charge in [0.25, 0.3) is 11.8 Å². The van der Waals surface area contributed by atoms with Crippen LogP contribution in [0.1, 0.15) is 52.8 Å². The molecule has 1 aromatic rings. The molecule has 206 valence electrons. The zero-order chi connectivity index (χ0) is 26.5. The van der Waals surface area contributed by atoms with Crippen LogP contribution in [0.15, 0.2) is 18.2 Å². The monoisotopic (exact) mass is 526 g/mol. The van der Waals surface area contributed by atoms with Gasteiger partial charge in [0.15, 0.2) is 0 Å². The Labute approximate surface area is 223 Å². The topological polar surface area (TPSA) is 123 Å². The van der Waals surface area contributed by atoms with Gasteiger partial charge in [0, 0.05) is 64.0 Å². The number of nitrogens with zero attached hydrogens (tertiary/aromatic N) is 3. The van der Waals surface area contributed by atoms with Gasteiger partial charge >= 0.3 is 0 Å². The molecule has 4 heterocycles. The van der Waals surface area contributed by atoms with Crippen molar-refractivity contribution in [1.82, 2.24) is 25.3 Å². The van der Waals surface area contributed by atoms with E-state index in [0.29, 0.717) is 25.4 Å². The van der Waals surface area contributed by atoms with Crippen molar-refractivity contribution in [2.24, 2.45) is 0 Å². The molecule has 38 heavy (non-hydrogen) atoms. The second-order valence-corrected chi connectivity index (χ2v) is 10.4. The molecule has 4 amide bonds. The number of anilines is 1. The maximum atomic E-state index is 13.2. The lowest BCUT2D eigenvalue weighted by molar-refractivity contribution is -0.136. The van der Waals surface area contributed by atoms with E-state index < -0.39 is 23.8 Å². The van der Waals surface area contributed by atoms with E-state index in [4.69, 9.17) is 4.74 Å². The average molecular weight is 527 g/mol. The van der Waals surface area contributed by atoms with Gasteiger partial charge in [-0.05, 0) is 50.9 Å². The summed E-state index contributed by atoms with van der Waals surface area (Å²) in [5.41, 5.74) is 1.13. The van der Waals surface area contributed by atoms with Gasteiger partial charge in [0.05, 0.1) is 17.7 Å².